The van der Waals surface area contributed by atoms with Crippen molar-refractivity contribution in [2.45, 2.75) is 36.6 Å². The van der Waals surface area contributed by atoms with Crippen LogP contribution < -0.4 is 9.80 Å². The van der Waals surface area contributed by atoms with E-state index in [2.05, 4.69) is 55.6 Å². The molecule has 2 aromatic rings. The van der Waals surface area contributed by atoms with Gasteiger partial charge in [-0.2, -0.15) is 0 Å². The van der Waals surface area contributed by atoms with Crippen LogP contribution in [0.15, 0.2) is 42.5 Å². The monoisotopic (exact) mass is 417 g/mol. The average molecular weight is 417 g/mol. The third-order valence-electron chi connectivity index (χ3n) is 7.66. The van der Waals surface area contributed by atoms with E-state index in [9.17, 15) is 9.18 Å². The van der Waals surface area contributed by atoms with E-state index in [1.165, 1.54) is 35.5 Å². The predicted octanol–water partition coefficient (Wildman–Crippen LogP) is 1.84. The van der Waals surface area contributed by atoms with E-state index >= 15 is 0 Å². The molecule has 3 heterocycles. The van der Waals surface area contributed by atoms with Crippen LogP contribution >= 0.6 is 0 Å². The van der Waals surface area contributed by atoms with Gasteiger partial charge in [-0.15, -0.1) is 0 Å². The lowest BCUT2D eigenvalue weighted by Gasteiger charge is -2.50. The van der Waals surface area contributed by atoms with Gasteiger partial charge < -0.3 is 14.7 Å². The zero-order valence-corrected chi connectivity index (χ0v) is 18.8. The summed E-state index contributed by atoms with van der Waals surface area (Å²) in [5.41, 5.74) is 4.92. The number of rotatable bonds is 5. The molecule has 0 bridgehead atoms. The third-order valence-corrected chi connectivity index (χ3v) is 7.66. The van der Waals surface area contributed by atoms with Crippen molar-refractivity contribution < 1.29 is 9.18 Å². The lowest BCUT2D eigenvalue weighted by Crippen LogP contribution is -2.61. The SMILES string of the molecule is BC1(B)CN2c3c(cccc3N1C)C1CN(CCCC(=O)c3ccc(F)cc3)CC[C@@H]12. The lowest BCUT2D eigenvalue weighted by molar-refractivity contribution is 0.0971. The van der Waals surface area contributed by atoms with E-state index in [0.29, 0.717) is 23.9 Å². The Morgan fingerprint density at radius 1 is 1.19 bits per heavy atom. The van der Waals surface area contributed by atoms with Gasteiger partial charge in [0, 0.05) is 50.6 Å². The van der Waals surface area contributed by atoms with Crippen molar-refractivity contribution >= 4 is 32.9 Å². The molecule has 4 nitrogen and oxygen atoms in total. The van der Waals surface area contributed by atoms with E-state index in [0.717, 1.165) is 32.6 Å². The predicted molar refractivity (Wildman–Crippen MR) is 130 cm³/mol. The molecule has 0 radical (unpaired) electrons. The van der Waals surface area contributed by atoms with Crippen molar-refractivity contribution in [1.29, 1.82) is 0 Å². The number of likely N-dealkylation sites (N-methyl/N-ethyl adjacent to an activating group) is 1. The average Bonchev–Trinajstić information content (AvgIpc) is 3.06. The number of fused-ring (bicyclic) bond motifs is 3. The molecule has 0 aliphatic carbocycles. The Morgan fingerprint density at radius 2 is 1.97 bits per heavy atom. The highest BCUT2D eigenvalue weighted by atomic mass is 19.1. The van der Waals surface area contributed by atoms with Crippen molar-refractivity contribution in [3.05, 3.63) is 59.4 Å². The summed E-state index contributed by atoms with van der Waals surface area (Å²) in [6.45, 7) is 4.16. The summed E-state index contributed by atoms with van der Waals surface area (Å²) in [5, 5.41) is 0.123. The van der Waals surface area contributed by atoms with Crippen molar-refractivity contribution in [3.63, 3.8) is 0 Å². The topological polar surface area (TPSA) is 26.8 Å². The van der Waals surface area contributed by atoms with E-state index in [1.54, 1.807) is 12.1 Å². The van der Waals surface area contributed by atoms with E-state index < -0.39 is 0 Å². The summed E-state index contributed by atoms with van der Waals surface area (Å²) >= 11 is 0. The number of nitrogens with zero attached hydrogens (tertiary/aromatic N) is 3. The highest BCUT2D eigenvalue weighted by Crippen LogP contribution is 2.52. The molecule has 1 fully saturated rings. The maximum Gasteiger partial charge on any atom is 0.162 e. The van der Waals surface area contributed by atoms with Gasteiger partial charge in [-0.05, 0) is 60.6 Å². The van der Waals surface area contributed by atoms with Crippen LogP contribution in [0.3, 0.4) is 0 Å². The first kappa shape index (κ1) is 20.6. The number of carbonyl (C=O) groups excluding carboxylic acids is 1. The van der Waals surface area contributed by atoms with Gasteiger partial charge in [0.15, 0.2) is 5.78 Å². The minimum Gasteiger partial charge on any atom is -0.381 e. The molecular formula is C24H30B2FN3O. The van der Waals surface area contributed by atoms with Crippen LogP contribution in [0.5, 0.6) is 0 Å². The van der Waals surface area contributed by atoms with Gasteiger partial charge in [-0.25, -0.2) is 4.39 Å². The first-order chi connectivity index (χ1) is 14.8. The van der Waals surface area contributed by atoms with E-state index in [4.69, 9.17) is 0 Å². The van der Waals surface area contributed by atoms with Gasteiger partial charge >= 0.3 is 0 Å². The van der Waals surface area contributed by atoms with Gasteiger partial charge in [-0.3, -0.25) is 4.79 Å². The molecule has 7 heteroatoms. The van der Waals surface area contributed by atoms with Crippen molar-refractivity contribution in [1.82, 2.24) is 4.90 Å². The number of piperidine rings is 1. The normalized spacial score (nSPS) is 24.1. The third kappa shape index (κ3) is 3.57. The van der Waals surface area contributed by atoms with Crippen molar-refractivity contribution in [2.75, 3.05) is 43.0 Å². The fourth-order valence-corrected chi connectivity index (χ4v) is 5.77. The molecule has 0 N–H and O–H groups in total. The lowest BCUT2D eigenvalue weighted by atomic mass is 9.59. The zero-order valence-electron chi connectivity index (χ0n) is 18.8. The number of halogens is 1. The van der Waals surface area contributed by atoms with Gasteiger partial charge in [0.05, 0.1) is 11.4 Å². The quantitative estimate of drug-likeness (QED) is 0.548. The summed E-state index contributed by atoms with van der Waals surface area (Å²) in [6, 6.07) is 13.3. The number of anilines is 2. The summed E-state index contributed by atoms with van der Waals surface area (Å²) in [5.74, 6) is 0.346. The molecule has 1 saturated heterocycles. The minimum absolute atomic E-state index is 0.105. The van der Waals surface area contributed by atoms with Crippen LogP contribution in [-0.4, -0.2) is 71.0 Å². The number of carbonyl (C=O) groups is 1. The molecule has 2 aromatic carbocycles. The fourth-order valence-electron chi connectivity index (χ4n) is 5.77. The Kier molecular flexibility index (Phi) is 5.12. The number of hydrogen-bond donors (Lipinski definition) is 0. The molecule has 3 aliphatic rings. The number of hydrogen-bond acceptors (Lipinski definition) is 4. The number of ketones is 1. The molecule has 5 rings (SSSR count). The van der Waals surface area contributed by atoms with E-state index in [1.807, 2.05) is 0 Å². The Hall–Kier alpha value is -2.27. The molecule has 0 aromatic heterocycles. The van der Waals surface area contributed by atoms with Crippen LogP contribution in [0.2, 0.25) is 0 Å². The molecule has 1 unspecified atom stereocenters. The van der Waals surface area contributed by atoms with Gasteiger partial charge in [0.1, 0.15) is 21.5 Å². The highest BCUT2D eigenvalue weighted by Gasteiger charge is 2.47. The van der Waals surface area contributed by atoms with Crippen molar-refractivity contribution in [3.8, 4) is 0 Å². The minimum atomic E-state index is -0.299. The maximum absolute atomic E-state index is 13.1. The molecule has 2 atom stereocenters. The summed E-state index contributed by atoms with van der Waals surface area (Å²) in [6.07, 6.45) is 2.53. The maximum atomic E-state index is 13.1. The number of para-hydroxylation sites is 1. The van der Waals surface area contributed by atoms with Crippen LogP contribution in [0.4, 0.5) is 15.8 Å². The highest BCUT2D eigenvalue weighted by molar-refractivity contribution is 6.42. The second-order valence-corrected chi connectivity index (χ2v) is 10.0. The smallest absolute Gasteiger partial charge is 0.162 e. The standard InChI is InChI=1S/C24H30B2FN3O/c1-28-21-5-2-4-18-19-14-29(12-3-6-22(31)16-7-9-17(27)10-8-16)13-11-20(19)30(23(18)21)15-24(28,25)26/h2,4-5,7-10,19-20H,3,6,11-15,25-26H2,1H3/t19?,20-/m0/s1. The Labute approximate surface area is 186 Å². The van der Waals surface area contributed by atoms with Gasteiger partial charge in [0.2, 0.25) is 0 Å². The summed E-state index contributed by atoms with van der Waals surface area (Å²) in [7, 11) is 6.89. The Balaban J connectivity index is 1.25. The van der Waals surface area contributed by atoms with Crippen LogP contribution in [-0.2, 0) is 0 Å². The second-order valence-electron chi connectivity index (χ2n) is 10.0. The molecule has 0 amide bonds. The van der Waals surface area contributed by atoms with Gasteiger partial charge in [0.25, 0.3) is 0 Å². The molecule has 160 valence electrons. The van der Waals surface area contributed by atoms with Gasteiger partial charge in [-0.1, -0.05) is 12.1 Å². The number of benzene rings is 2. The molecule has 31 heavy (non-hydrogen) atoms. The number of Topliss-reactive ketones (excluding diaryl/α,β-unsaturated/α-hetero) is 1. The van der Waals surface area contributed by atoms with Crippen molar-refractivity contribution in [2.24, 2.45) is 0 Å². The molecular weight excluding hydrogens is 387 g/mol. The largest absolute Gasteiger partial charge is 0.381 e. The second kappa shape index (κ2) is 7.70. The fraction of sp³-hybridized carbons (Fsp3) is 0.458. The van der Waals surface area contributed by atoms with Crippen LogP contribution in [0.25, 0.3) is 0 Å². The molecule has 3 aliphatic heterocycles. The number of likely N-dealkylation sites (tertiary alicyclic amines) is 1. The summed E-state index contributed by atoms with van der Waals surface area (Å²) in [4.78, 5) is 20.1. The molecule has 0 saturated carbocycles. The molecule has 0 spiro atoms. The van der Waals surface area contributed by atoms with E-state index in [-0.39, 0.29) is 16.9 Å². The zero-order chi connectivity index (χ0) is 21.8. The first-order valence-electron chi connectivity index (χ1n) is 11.5. The van der Waals surface area contributed by atoms with Crippen LogP contribution in [0, 0.1) is 5.82 Å². The summed E-state index contributed by atoms with van der Waals surface area (Å²) < 4.78 is 13.1. The first-order valence-corrected chi connectivity index (χ1v) is 11.5. The Morgan fingerprint density at radius 3 is 2.74 bits per heavy atom. The van der Waals surface area contributed by atoms with Crippen LogP contribution in [0.1, 0.15) is 41.1 Å². The Bertz CT molecular complexity index is 997.